The third-order valence-electron chi connectivity index (χ3n) is 5.37. The number of hydrogen-bond donors (Lipinski definition) is 0. The standard InChI is InChI=1S/C25H25N3O/c1-3-23(29-2)24-26-19-28(27-24)25(20-13-7-4-8-14-20,21-15-9-5-10-16-21)22-17-11-6-12-18-22/h4-19,23H,3H2,1-2H3. The van der Waals surface area contributed by atoms with Gasteiger partial charge in [0.15, 0.2) is 5.82 Å². The van der Waals surface area contributed by atoms with Crippen molar-refractivity contribution in [1.82, 2.24) is 14.8 Å². The monoisotopic (exact) mass is 383 g/mol. The lowest BCUT2D eigenvalue weighted by molar-refractivity contribution is 0.0921. The number of nitrogens with zero attached hydrogens (tertiary/aromatic N) is 3. The van der Waals surface area contributed by atoms with Gasteiger partial charge in [0.2, 0.25) is 0 Å². The summed E-state index contributed by atoms with van der Waals surface area (Å²) in [5, 5.41) is 4.93. The van der Waals surface area contributed by atoms with E-state index in [9.17, 15) is 0 Å². The van der Waals surface area contributed by atoms with Crippen molar-refractivity contribution in [3.05, 3.63) is 120 Å². The molecule has 29 heavy (non-hydrogen) atoms. The second kappa shape index (κ2) is 8.41. The largest absolute Gasteiger partial charge is 0.373 e. The zero-order chi connectivity index (χ0) is 20.1. The fourth-order valence-corrected chi connectivity index (χ4v) is 3.97. The first kappa shape index (κ1) is 19.1. The van der Waals surface area contributed by atoms with Gasteiger partial charge in [-0.15, -0.1) is 0 Å². The smallest absolute Gasteiger partial charge is 0.179 e. The molecule has 0 aliphatic carbocycles. The summed E-state index contributed by atoms with van der Waals surface area (Å²) < 4.78 is 7.57. The van der Waals surface area contributed by atoms with Crippen LogP contribution in [0.25, 0.3) is 0 Å². The van der Waals surface area contributed by atoms with E-state index in [0.29, 0.717) is 5.82 Å². The maximum atomic E-state index is 5.59. The van der Waals surface area contributed by atoms with Crippen LogP contribution >= 0.6 is 0 Å². The van der Waals surface area contributed by atoms with E-state index in [-0.39, 0.29) is 6.10 Å². The quantitative estimate of drug-likeness (QED) is 0.411. The minimum atomic E-state index is -0.638. The summed E-state index contributed by atoms with van der Waals surface area (Å²) in [6.07, 6.45) is 2.51. The number of hydrogen-bond acceptors (Lipinski definition) is 3. The molecule has 0 amide bonds. The van der Waals surface area contributed by atoms with Crippen molar-refractivity contribution < 1.29 is 4.74 Å². The van der Waals surface area contributed by atoms with E-state index in [4.69, 9.17) is 9.84 Å². The van der Waals surface area contributed by atoms with Gasteiger partial charge < -0.3 is 4.74 Å². The van der Waals surface area contributed by atoms with Gasteiger partial charge in [-0.1, -0.05) is 97.9 Å². The zero-order valence-corrected chi connectivity index (χ0v) is 16.8. The SMILES string of the molecule is CCC(OC)c1ncn(C(c2ccccc2)(c2ccccc2)c2ccccc2)n1. The average molecular weight is 383 g/mol. The van der Waals surface area contributed by atoms with Crippen molar-refractivity contribution in [1.29, 1.82) is 0 Å². The third-order valence-corrected chi connectivity index (χ3v) is 5.37. The minimum absolute atomic E-state index is 0.128. The van der Waals surface area contributed by atoms with E-state index in [1.54, 1.807) is 7.11 Å². The molecule has 0 fully saturated rings. The molecule has 4 heteroatoms. The Balaban J connectivity index is 2.04. The van der Waals surface area contributed by atoms with E-state index >= 15 is 0 Å². The molecule has 1 aromatic heterocycles. The van der Waals surface area contributed by atoms with Gasteiger partial charge in [0.05, 0.1) is 0 Å². The summed E-state index contributed by atoms with van der Waals surface area (Å²) in [6.45, 7) is 2.08. The highest BCUT2D eigenvalue weighted by atomic mass is 16.5. The molecule has 1 unspecified atom stereocenters. The normalized spacial score (nSPS) is 12.6. The molecule has 0 aliphatic heterocycles. The molecule has 4 rings (SSSR count). The molecule has 0 radical (unpaired) electrons. The predicted molar refractivity (Wildman–Crippen MR) is 115 cm³/mol. The summed E-state index contributed by atoms with van der Waals surface area (Å²) in [4.78, 5) is 4.63. The highest BCUT2D eigenvalue weighted by molar-refractivity contribution is 5.50. The van der Waals surface area contributed by atoms with E-state index in [1.165, 1.54) is 0 Å². The highest BCUT2D eigenvalue weighted by Crippen LogP contribution is 2.40. The van der Waals surface area contributed by atoms with Crippen LogP contribution in [0.15, 0.2) is 97.3 Å². The molecular formula is C25H25N3O. The molecule has 0 aliphatic rings. The van der Waals surface area contributed by atoms with Crippen LogP contribution in [0.4, 0.5) is 0 Å². The molecule has 1 heterocycles. The van der Waals surface area contributed by atoms with Crippen LogP contribution < -0.4 is 0 Å². The maximum absolute atomic E-state index is 5.59. The number of aromatic nitrogens is 3. The summed E-state index contributed by atoms with van der Waals surface area (Å²) in [6, 6.07) is 31.4. The molecule has 0 spiro atoms. The van der Waals surface area contributed by atoms with E-state index in [0.717, 1.165) is 23.1 Å². The maximum Gasteiger partial charge on any atom is 0.179 e. The first-order chi connectivity index (χ1) is 14.3. The van der Waals surface area contributed by atoms with E-state index < -0.39 is 5.54 Å². The fourth-order valence-electron chi connectivity index (χ4n) is 3.97. The minimum Gasteiger partial charge on any atom is -0.373 e. The van der Waals surface area contributed by atoms with Gasteiger partial charge in [-0.25, -0.2) is 9.67 Å². The second-order valence-electron chi connectivity index (χ2n) is 6.99. The summed E-state index contributed by atoms with van der Waals surface area (Å²) in [5.41, 5.74) is 2.74. The first-order valence-electron chi connectivity index (χ1n) is 9.92. The predicted octanol–water partition coefficient (Wildman–Crippen LogP) is 5.22. The van der Waals surface area contributed by atoms with Gasteiger partial charge in [-0.05, 0) is 23.1 Å². The van der Waals surface area contributed by atoms with Crippen molar-refractivity contribution in [2.45, 2.75) is 25.0 Å². The number of methoxy groups -OCH3 is 1. The van der Waals surface area contributed by atoms with Gasteiger partial charge in [0, 0.05) is 7.11 Å². The second-order valence-corrected chi connectivity index (χ2v) is 6.99. The van der Waals surface area contributed by atoms with Crippen LogP contribution in [0.1, 0.15) is 42.0 Å². The molecule has 0 saturated carbocycles. The van der Waals surface area contributed by atoms with Crippen LogP contribution in [0, 0.1) is 0 Å². The molecule has 1 atom stereocenters. The first-order valence-corrected chi connectivity index (χ1v) is 9.92. The highest BCUT2D eigenvalue weighted by Gasteiger charge is 2.39. The van der Waals surface area contributed by atoms with Crippen LogP contribution in [-0.2, 0) is 10.3 Å². The molecule has 146 valence electrons. The Morgan fingerprint density at radius 3 is 1.62 bits per heavy atom. The number of benzene rings is 3. The van der Waals surface area contributed by atoms with Crippen LogP contribution in [0.5, 0.6) is 0 Å². The third kappa shape index (κ3) is 3.36. The lowest BCUT2D eigenvalue weighted by Crippen LogP contribution is -2.38. The van der Waals surface area contributed by atoms with Crippen molar-refractivity contribution in [3.63, 3.8) is 0 Å². The number of ether oxygens (including phenoxy) is 1. The Kier molecular flexibility index (Phi) is 5.54. The number of rotatable bonds is 7. The molecule has 0 bridgehead atoms. The lowest BCUT2D eigenvalue weighted by atomic mass is 9.77. The van der Waals surface area contributed by atoms with Gasteiger partial charge >= 0.3 is 0 Å². The van der Waals surface area contributed by atoms with Crippen molar-refractivity contribution >= 4 is 0 Å². The summed E-state index contributed by atoms with van der Waals surface area (Å²) in [7, 11) is 1.70. The summed E-state index contributed by atoms with van der Waals surface area (Å²) in [5.74, 6) is 0.696. The fraction of sp³-hybridized carbons (Fsp3) is 0.200. The Bertz CT molecular complexity index is 929. The van der Waals surface area contributed by atoms with Gasteiger partial charge in [0.25, 0.3) is 0 Å². The van der Waals surface area contributed by atoms with Crippen molar-refractivity contribution in [2.75, 3.05) is 7.11 Å². The lowest BCUT2D eigenvalue weighted by Gasteiger charge is -2.35. The zero-order valence-electron chi connectivity index (χ0n) is 16.8. The molecule has 0 N–H and O–H groups in total. The Labute approximate surface area is 171 Å². The van der Waals surface area contributed by atoms with Crippen molar-refractivity contribution in [2.24, 2.45) is 0 Å². The van der Waals surface area contributed by atoms with Gasteiger partial charge in [-0.2, -0.15) is 5.10 Å². The summed E-state index contributed by atoms with van der Waals surface area (Å²) >= 11 is 0. The average Bonchev–Trinajstić information content (AvgIpc) is 3.28. The van der Waals surface area contributed by atoms with Gasteiger partial charge in [0.1, 0.15) is 18.0 Å². The van der Waals surface area contributed by atoms with Crippen molar-refractivity contribution in [3.8, 4) is 0 Å². The molecule has 0 saturated heterocycles. The molecule has 4 aromatic rings. The van der Waals surface area contributed by atoms with Crippen LogP contribution in [0.2, 0.25) is 0 Å². The van der Waals surface area contributed by atoms with Gasteiger partial charge in [-0.3, -0.25) is 0 Å². The topological polar surface area (TPSA) is 39.9 Å². The van der Waals surface area contributed by atoms with Crippen LogP contribution in [-0.4, -0.2) is 21.9 Å². The van der Waals surface area contributed by atoms with Crippen LogP contribution in [0.3, 0.4) is 0 Å². The Morgan fingerprint density at radius 2 is 1.24 bits per heavy atom. The Morgan fingerprint density at radius 1 is 0.793 bits per heavy atom. The molecule has 3 aromatic carbocycles. The van der Waals surface area contributed by atoms with E-state index in [2.05, 4.69) is 84.7 Å². The molecular weight excluding hydrogens is 358 g/mol. The Hall–Kier alpha value is -3.24. The van der Waals surface area contributed by atoms with E-state index in [1.807, 2.05) is 29.2 Å². The molecule has 4 nitrogen and oxygen atoms in total.